The average Bonchev–Trinajstić information content (AvgIpc) is 2.65. The molecule has 1 N–H and O–H groups in total. The van der Waals surface area contributed by atoms with Crippen LogP contribution >= 0.6 is 0 Å². The second-order valence-electron chi connectivity index (χ2n) is 7.22. The topological polar surface area (TPSA) is 89.9 Å². The van der Waals surface area contributed by atoms with Crippen molar-refractivity contribution in [1.82, 2.24) is 0 Å². The summed E-state index contributed by atoms with van der Waals surface area (Å²) in [6, 6.07) is 6.38. The summed E-state index contributed by atoms with van der Waals surface area (Å²) >= 11 is 0. The molecule has 0 radical (unpaired) electrons. The quantitative estimate of drug-likeness (QED) is 0.327. The predicted octanol–water partition coefficient (Wildman–Crippen LogP) is 2.65. The first kappa shape index (κ1) is 20.6. The predicted molar refractivity (Wildman–Crippen MR) is 99.5 cm³/mol. The molecule has 144 valence electrons. The molecule has 0 amide bonds. The zero-order chi connectivity index (χ0) is 20.1. The first-order valence-electron chi connectivity index (χ1n) is 8.67. The van der Waals surface area contributed by atoms with Crippen LogP contribution in [0.2, 0.25) is 0 Å². The summed E-state index contributed by atoms with van der Waals surface area (Å²) in [5.41, 5.74) is -1.18. The Morgan fingerprint density at radius 1 is 1.22 bits per heavy atom. The van der Waals surface area contributed by atoms with Crippen LogP contribution in [0.4, 0.5) is 0 Å². The smallest absolute Gasteiger partial charge is 0.337 e. The molecule has 2 rings (SSSR count). The number of ether oxygens (including phenoxy) is 2. The van der Waals surface area contributed by atoms with Crippen LogP contribution in [-0.2, 0) is 14.3 Å². The van der Waals surface area contributed by atoms with Crippen LogP contribution in [0.5, 0.6) is 5.75 Å². The van der Waals surface area contributed by atoms with Crippen molar-refractivity contribution in [3.05, 3.63) is 53.6 Å². The van der Waals surface area contributed by atoms with E-state index in [1.165, 1.54) is 13.8 Å². The highest BCUT2D eigenvalue weighted by Crippen LogP contribution is 2.27. The Balaban J connectivity index is 1.77. The summed E-state index contributed by atoms with van der Waals surface area (Å²) in [4.78, 5) is 34.9. The third kappa shape index (κ3) is 5.62. The molecule has 1 aliphatic rings. The Kier molecular flexibility index (Phi) is 6.33. The molecular formula is C21H24O6. The highest BCUT2D eigenvalue weighted by Gasteiger charge is 2.25. The van der Waals surface area contributed by atoms with Crippen LogP contribution in [0, 0.1) is 5.41 Å². The Labute approximate surface area is 158 Å². The van der Waals surface area contributed by atoms with Crippen molar-refractivity contribution in [1.29, 1.82) is 0 Å². The van der Waals surface area contributed by atoms with Crippen molar-refractivity contribution in [2.75, 3.05) is 13.2 Å². The summed E-state index contributed by atoms with van der Waals surface area (Å²) in [5.74, 6) is -0.312. The maximum atomic E-state index is 12.0. The van der Waals surface area contributed by atoms with E-state index in [1.807, 2.05) is 0 Å². The van der Waals surface area contributed by atoms with Gasteiger partial charge in [0.1, 0.15) is 30.9 Å². The lowest BCUT2D eigenvalue weighted by atomic mass is 9.83. The fourth-order valence-electron chi connectivity index (χ4n) is 2.42. The van der Waals surface area contributed by atoms with E-state index in [-0.39, 0.29) is 19.0 Å². The first-order valence-corrected chi connectivity index (χ1v) is 8.67. The van der Waals surface area contributed by atoms with Gasteiger partial charge in [-0.1, -0.05) is 18.2 Å². The summed E-state index contributed by atoms with van der Waals surface area (Å²) in [6.07, 6.45) is 6.30. The molecule has 0 spiro atoms. The molecule has 1 aliphatic carbocycles. The van der Waals surface area contributed by atoms with Crippen molar-refractivity contribution in [2.24, 2.45) is 5.41 Å². The molecule has 0 aromatic heterocycles. The standard InChI is InChI=1S/C21H24O6/c1-20(2,25)18(23)15-4-6-17(7-5-15)26-12-13-27-19(24)16-8-10-21(3,14-22)11-9-16/h4-10,14,25H,11-13H2,1-3H3. The molecule has 0 fully saturated rings. The van der Waals surface area contributed by atoms with E-state index in [0.29, 0.717) is 23.3 Å². The van der Waals surface area contributed by atoms with Crippen molar-refractivity contribution in [3.8, 4) is 5.75 Å². The summed E-state index contributed by atoms with van der Waals surface area (Å²) < 4.78 is 10.6. The minimum absolute atomic E-state index is 0.0688. The van der Waals surface area contributed by atoms with E-state index < -0.39 is 17.0 Å². The molecule has 0 heterocycles. The van der Waals surface area contributed by atoms with Gasteiger partial charge in [-0.25, -0.2) is 4.79 Å². The molecule has 0 saturated heterocycles. The fraction of sp³-hybridized carbons (Fsp3) is 0.381. The van der Waals surface area contributed by atoms with Gasteiger partial charge in [0.25, 0.3) is 0 Å². The summed E-state index contributed by atoms with van der Waals surface area (Å²) in [7, 11) is 0. The van der Waals surface area contributed by atoms with E-state index in [0.717, 1.165) is 6.29 Å². The third-order valence-corrected chi connectivity index (χ3v) is 4.17. The SMILES string of the molecule is CC1(C=O)C=CC(C(=O)OCCOc2ccc(C(=O)C(C)(C)O)cc2)=CC1. The minimum atomic E-state index is -1.43. The number of aliphatic hydroxyl groups is 1. The van der Waals surface area contributed by atoms with Gasteiger partial charge in [0, 0.05) is 11.0 Å². The van der Waals surface area contributed by atoms with Gasteiger partial charge in [0.2, 0.25) is 0 Å². The number of allylic oxidation sites excluding steroid dienone is 2. The monoisotopic (exact) mass is 372 g/mol. The van der Waals surface area contributed by atoms with Crippen LogP contribution in [0.1, 0.15) is 37.6 Å². The number of rotatable bonds is 8. The molecule has 0 saturated carbocycles. The van der Waals surface area contributed by atoms with Crippen LogP contribution < -0.4 is 4.74 Å². The second-order valence-corrected chi connectivity index (χ2v) is 7.22. The second kappa shape index (κ2) is 8.31. The highest BCUT2D eigenvalue weighted by molar-refractivity contribution is 6.01. The number of aldehydes is 1. The number of hydrogen-bond acceptors (Lipinski definition) is 6. The van der Waals surface area contributed by atoms with E-state index >= 15 is 0 Å². The van der Waals surface area contributed by atoms with E-state index in [9.17, 15) is 19.5 Å². The highest BCUT2D eigenvalue weighted by atomic mass is 16.6. The molecular weight excluding hydrogens is 348 g/mol. The van der Waals surface area contributed by atoms with Gasteiger partial charge >= 0.3 is 5.97 Å². The van der Waals surface area contributed by atoms with Gasteiger partial charge in [-0.05, 0) is 51.5 Å². The minimum Gasteiger partial charge on any atom is -0.490 e. The number of benzene rings is 1. The van der Waals surface area contributed by atoms with Gasteiger partial charge in [-0.15, -0.1) is 0 Å². The Morgan fingerprint density at radius 2 is 1.89 bits per heavy atom. The number of Topliss-reactive ketones (excluding diaryl/α,β-unsaturated/α-hetero) is 1. The Bertz CT molecular complexity index is 767. The summed E-state index contributed by atoms with van der Waals surface area (Å²) in [5, 5.41) is 9.73. The number of carbonyl (C=O) groups is 3. The van der Waals surface area contributed by atoms with Gasteiger partial charge in [0.05, 0.1) is 5.57 Å². The molecule has 1 aromatic carbocycles. The largest absolute Gasteiger partial charge is 0.490 e. The van der Waals surface area contributed by atoms with Crippen molar-refractivity contribution in [3.63, 3.8) is 0 Å². The normalized spacial score (nSPS) is 19.2. The zero-order valence-electron chi connectivity index (χ0n) is 15.7. The lowest BCUT2D eigenvalue weighted by Crippen LogP contribution is -2.30. The number of carbonyl (C=O) groups excluding carboxylic acids is 3. The van der Waals surface area contributed by atoms with Crippen molar-refractivity contribution >= 4 is 18.0 Å². The molecule has 1 aromatic rings. The van der Waals surface area contributed by atoms with E-state index in [4.69, 9.17) is 9.47 Å². The number of esters is 1. The van der Waals surface area contributed by atoms with Crippen LogP contribution in [-0.4, -0.2) is 42.0 Å². The van der Waals surface area contributed by atoms with Crippen LogP contribution in [0.3, 0.4) is 0 Å². The molecule has 0 aliphatic heterocycles. The molecule has 6 heteroatoms. The molecule has 0 bridgehead atoms. The van der Waals surface area contributed by atoms with Gasteiger partial charge in [0.15, 0.2) is 5.78 Å². The van der Waals surface area contributed by atoms with Crippen molar-refractivity contribution in [2.45, 2.75) is 32.8 Å². The maximum Gasteiger partial charge on any atom is 0.337 e. The van der Waals surface area contributed by atoms with Gasteiger partial charge < -0.3 is 19.4 Å². The third-order valence-electron chi connectivity index (χ3n) is 4.17. The van der Waals surface area contributed by atoms with E-state index in [2.05, 4.69) is 0 Å². The molecule has 1 unspecified atom stereocenters. The van der Waals surface area contributed by atoms with E-state index in [1.54, 1.807) is 49.4 Å². The summed E-state index contributed by atoms with van der Waals surface area (Å²) in [6.45, 7) is 4.89. The lowest BCUT2D eigenvalue weighted by molar-refractivity contribution is -0.139. The fourth-order valence-corrected chi connectivity index (χ4v) is 2.42. The zero-order valence-corrected chi connectivity index (χ0v) is 15.7. The van der Waals surface area contributed by atoms with Gasteiger partial charge in [-0.3, -0.25) is 4.79 Å². The maximum absolute atomic E-state index is 12.0. The Morgan fingerprint density at radius 3 is 2.41 bits per heavy atom. The average molecular weight is 372 g/mol. The first-order chi connectivity index (χ1) is 12.6. The number of ketones is 1. The Hall–Kier alpha value is -2.73. The molecule has 6 nitrogen and oxygen atoms in total. The van der Waals surface area contributed by atoms with Gasteiger partial charge in [-0.2, -0.15) is 0 Å². The van der Waals surface area contributed by atoms with Crippen LogP contribution in [0.25, 0.3) is 0 Å². The lowest BCUT2D eigenvalue weighted by Gasteiger charge is -2.20. The molecule has 1 atom stereocenters. The van der Waals surface area contributed by atoms with Crippen LogP contribution in [0.15, 0.2) is 48.1 Å². The number of hydrogen-bond donors (Lipinski definition) is 1. The van der Waals surface area contributed by atoms with Crippen molar-refractivity contribution < 1.29 is 29.0 Å². The molecule has 27 heavy (non-hydrogen) atoms.